The number of benzene rings is 4. The van der Waals surface area contributed by atoms with Crippen molar-refractivity contribution in [3.05, 3.63) is 138 Å². The van der Waals surface area contributed by atoms with Gasteiger partial charge in [-0.2, -0.15) is 0 Å². The first-order chi connectivity index (χ1) is 21.5. The van der Waals surface area contributed by atoms with Crippen LogP contribution in [0, 0.1) is 0 Å². The van der Waals surface area contributed by atoms with Crippen LogP contribution < -0.4 is 4.72 Å². The highest BCUT2D eigenvalue weighted by Crippen LogP contribution is 2.40. The molecule has 45 heavy (non-hydrogen) atoms. The van der Waals surface area contributed by atoms with Crippen molar-refractivity contribution in [2.75, 3.05) is 6.61 Å². The van der Waals surface area contributed by atoms with E-state index in [0.29, 0.717) is 16.7 Å². The van der Waals surface area contributed by atoms with Crippen LogP contribution in [-0.2, 0) is 37.3 Å². The fraction of sp³-hybridized carbons (Fsp3) is 0.278. The van der Waals surface area contributed by atoms with Gasteiger partial charge in [-0.15, -0.1) is 0 Å². The number of carbonyl (C=O) groups excluding carboxylic acids is 2. The molecule has 1 amide bonds. The summed E-state index contributed by atoms with van der Waals surface area (Å²) in [6, 6.07) is 33.7. The molecule has 4 aromatic rings. The van der Waals surface area contributed by atoms with Gasteiger partial charge in [0.2, 0.25) is 10.0 Å². The van der Waals surface area contributed by atoms with E-state index in [2.05, 4.69) is 4.72 Å². The second kappa shape index (κ2) is 14.5. The maximum Gasteiger partial charge on any atom is 0.411 e. The summed E-state index contributed by atoms with van der Waals surface area (Å²) in [5.74, 6) is -0.778. The quantitative estimate of drug-likeness (QED) is 0.176. The Balaban J connectivity index is 2.07. The van der Waals surface area contributed by atoms with E-state index in [-0.39, 0.29) is 24.5 Å². The molecule has 0 bridgehead atoms. The van der Waals surface area contributed by atoms with E-state index in [1.165, 1.54) is 17.0 Å². The molecule has 0 aromatic heterocycles. The van der Waals surface area contributed by atoms with E-state index in [1.54, 1.807) is 76.2 Å². The minimum Gasteiger partial charge on any atom is -0.464 e. The van der Waals surface area contributed by atoms with Gasteiger partial charge in [0.15, 0.2) is 5.54 Å². The third kappa shape index (κ3) is 8.38. The SMILES string of the molecule is CCOC(=O)C(Cc1ccccc1)(C(NS(=O)(=O)c1ccccc1)c1ccccc1)N(Cc1ccccc1)C(=O)OC(C)(C)C. The number of esters is 1. The van der Waals surface area contributed by atoms with Crippen LogP contribution in [0.3, 0.4) is 0 Å². The van der Waals surface area contributed by atoms with Gasteiger partial charge in [-0.1, -0.05) is 109 Å². The number of carbonyl (C=O) groups is 2. The highest BCUT2D eigenvalue weighted by atomic mass is 32.2. The normalized spacial score (nSPS) is 13.7. The number of amides is 1. The van der Waals surface area contributed by atoms with Crippen molar-refractivity contribution in [1.82, 2.24) is 9.62 Å². The van der Waals surface area contributed by atoms with Crippen LogP contribution in [0.25, 0.3) is 0 Å². The molecule has 1 N–H and O–H groups in total. The van der Waals surface area contributed by atoms with Gasteiger partial charge in [-0.3, -0.25) is 4.90 Å². The first-order valence-corrected chi connectivity index (χ1v) is 16.3. The van der Waals surface area contributed by atoms with Crippen LogP contribution >= 0.6 is 0 Å². The van der Waals surface area contributed by atoms with Crippen molar-refractivity contribution in [3.8, 4) is 0 Å². The topological polar surface area (TPSA) is 102 Å². The average Bonchev–Trinajstić information content (AvgIpc) is 3.03. The van der Waals surface area contributed by atoms with E-state index in [1.807, 2.05) is 60.7 Å². The fourth-order valence-corrected chi connectivity index (χ4v) is 6.47. The molecule has 236 valence electrons. The molecule has 4 rings (SSSR count). The number of rotatable bonds is 12. The lowest BCUT2D eigenvalue weighted by Crippen LogP contribution is -2.65. The van der Waals surface area contributed by atoms with E-state index in [0.717, 1.165) is 0 Å². The molecule has 0 spiro atoms. The summed E-state index contributed by atoms with van der Waals surface area (Å²) < 4.78 is 42.7. The summed E-state index contributed by atoms with van der Waals surface area (Å²) in [4.78, 5) is 30.4. The molecule has 0 aliphatic heterocycles. The smallest absolute Gasteiger partial charge is 0.411 e. The van der Waals surface area contributed by atoms with Crippen LogP contribution in [-0.4, -0.2) is 43.1 Å². The molecule has 2 unspecified atom stereocenters. The fourth-order valence-electron chi connectivity index (χ4n) is 5.18. The van der Waals surface area contributed by atoms with Gasteiger partial charge in [0, 0.05) is 6.42 Å². The molecule has 0 radical (unpaired) electrons. The molecule has 0 aliphatic carbocycles. The Morgan fingerprint density at radius 1 is 0.756 bits per heavy atom. The zero-order valence-electron chi connectivity index (χ0n) is 26.1. The number of sulfonamides is 1. The van der Waals surface area contributed by atoms with Gasteiger partial charge in [0.05, 0.1) is 24.1 Å². The lowest BCUT2D eigenvalue weighted by atomic mass is 9.78. The van der Waals surface area contributed by atoms with Crippen molar-refractivity contribution in [2.24, 2.45) is 0 Å². The molecule has 0 saturated carbocycles. The van der Waals surface area contributed by atoms with Crippen molar-refractivity contribution >= 4 is 22.1 Å². The molecule has 9 heteroatoms. The highest BCUT2D eigenvalue weighted by molar-refractivity contribution is 7.89. The van der Waals surface area contributed by atoms with E-state index in [9.17, 15) is 18.0 Å². The number of nitrogens with zero attached hydrogens (tertiary/aromatic N) is 1. The van der Waals surface area contributed by atoms with Gasteiger partial charge >= 0.3 is 12.1 Å². The van der Waals surface area contributed by atoms with E-state index >= 15 is 0 Å². The second-order valence-electron chi connectivity index (χ2n) is 11.6. The number of nitrogens with one attached hydrogen (secondary N) is 1. The molecule has 8 nitrogen and oxygen atoms in total. The van der Waals surface area contributed by atoms with Crippen LogP contribution in [0.5, 0.6) is 0 Å². The summed E-state index contributed by atoms with van der Waals surface area (Å²) in [6.07, 6.45) is -0.884. The van der Waals surface area contributed by atoms with Gasteiger partial charge in [-0.05, 0) is 56.5 Å². The Labute approximate surface area is 266 Å². The molecule has 2 atom stereocenters. The van der Waals surface area contributed by atoms with Gasteiger partial charge in [0.25, 0.3) is 0 Å². The Morgan fingerprint density at radius 2 is 1.24 bits per heavy atom. The summed E-state index contributed by atoms with van der Waals surface area (Å²) in [6.45, 7) is 6.81. The minimum absolute atomic E-state index is 0.00415. The van der Waals surface area contributed by atoms with Gasteiger partial charge < -0.3 is 9.47 Å². The lowest BCUT2D eigenvalue weighted by Gasteiger charge is -2.47. The Morgan fingerprint density at radius 3 is 1.76 bits per heavy atom. The Kier molecular flexibility index (Phi) is 10.8. The van der Waals surface area contributed by atoms with E-state index < -0.39 is 39.3 Å². The molecule has 4 aromatic carbocycles. The maximum atomic E-state index is 14.7. The van der Waals surface area contributed by atoms with E-state index in [4.69, 9.17) is 9.47 Å². The predicted molar refractivity (Wildman–Crippen MR) is 174 cm³/mol. The molecular weight excluding hydrogens is 588 g/mol. The van der Waals surface area contributed by atoms with Gasteiger partial charge in [-0.25, -0.2) is 22.7 Å². The molecule has 0 heterocycles. The molecule has 0 saturated heterocycles. The Bertz CT molecular complexity index is 1640. The molecular formula is C36H40N2O6S. The zero-order valence-corrected chi connectivity index (χ0v) is 26.9. The standard InChI is InChI=1S/C36H40N2O6S/c1-5-43-33(39)36(26-28-18-10-6-11-19-28,38(34(40)44-35(2,3)4)27-29-20-12-7-13-21-29)32(30-22-14-8-15-23-30)37-45(41,42)31-24-16-9-17-25-31/h6-25,32,37H,5,26-27H2,1-4H3. The van der Waals surface area contributed by atoms with Crippen LogP contribution in [0.4, 0.5) is 4.79 Å². The summed E-state index contributed by atoms with van der Waals surface area (Å²) in [5, 5.41) is 0. The van der Waals surface area contributed by atoms with Crippen molar-refractivity contribution in [2.45, 2.75) is 62.7 Å². The molecule has 0 aliphatic rings. The highest BCUT2D eigenvalue weighted by Gasteiger charge is 2.56. The number of hydrogen-bond donors (Lipinski definition) is 1. The van der Waals surface area contributed by atoms with Gasteiger partial charge in [0.1, 0.15) is 5.60 Å². The largest absolute Gasteiger partial charge is 0.464 e. The third-order valence-corrected chi connectivity index (χ3v) is 8.60. The van der Waals surface area contributed by atoms with Crippen LogP contribution in [0.2, 0.25) is 0 Å². The van der Waals surface area contributed by atoms with Crippen LogP contribution in [0.15, 0.2) is 126 Å². The summed E-state index contributed by atoms with van der Waals surface area (Å²) >= 11 is 0. The van der Waals surface area contributed by atoms with Crippen molar-refractivity contribution in [3.63, 3.8) is 0 Å². The minimum atomic E-state index is -4.24. The van der Waals surface area contributed by atoms with Crippen molar-refractivity contribution < 1.29 is 27.5 Å². The number of ether oxygens (including phenoxy) is 2. The van der Waals surface area contributed by atoms with Crippen molar-refractivity contribution in [1.29, 1.82) is 0 Å². The maximum absolute atomic E-state index is 14.7. The summed E-state index contributed by atoms with van der Waals surface area (Å²) in [7, 11) is -4.24. The number of hydrogen-bond acceptors (Lipinski definition) is 6. The predicted octanol–water partition coefficient (Wildman–Crippen LogP) is 6.69. The average molecular weight is 629 g/mol. The lowest BCUT2D eigenvalue weighted by molar-refractivity contribution is -0.160. The summed E-state index contributed by atoms with van der Waals surface area (Å²) in [5.41, 5.74) is -1.03. The second-order valence-corrected chi connectivity index (χ2v) is 13.4. The first-order valence-electron chi connectivity index (χ1n) is 14.8. The third-order valence-electron chi connectivity index (χ3n) is 7.16. The molecule has 0 fully saturated rings. The Hall–Kier alpha value is -4.47. The monoisotopic (exact) mass is 628 g/mol. The van der Waals surface area contributed by atoms with Crippen LogP contribution in [0.1, 0.15) is 50.4 Å². The zero-order chi connectivity index (χ0) is 32.5. The first kappa shape index (κ1) is 33.4.